The zero-order chi connectivity index (χ0) is 37.4. The Labute approximate surface area is 295 Å². The number of amides is 4. The van der Waals surface area contributed by atoms with E-state index in [9.17, 15) is 50.5 Å². The lowest BCUT2D eigenvalue weighted by Crippen LogP contribution is -2.21. The summed E-state index contributed by atoms with van der Waals surface area (Å²) in [5.41, 5.74) is -0.567. The van der Waals surface area contributed by atoms with Gasteiger partial charge in [0.05, 0.1) is 11.4 Å². The molecule has 0 radical (unpaired) electrons. The highest BCUT2D eigenvalue weighted by atomic mass is 32.2. The van der Waals surface area contributed by atoms with E-state index in [0.717, 1.165) is 12.1 Å². The lowest BCUT2D eigenvalue weighted by molar-refractivity contribution is 0.101. The Morgan fingerprint density at radius 2 is 0.827 bits per heavy atom. The van der Waals surface area contributed by atoms with Crippen LogP contribution in [0.3, 0.4) is 0 Å². The van der Waals surface area contributed by atoms with Gasteiger partial charge in [-0.15, -0.1) is 0 Å². The summed E-state index contributed by atoms with van der Waals surface area (Å²) >= 11 is 0. The smallest absolute Gasteiger partial charge is 0.323 e. The second-order valence-corrected chi connectivity index (χ2v) is 14.0. The summed E-state index contributed by atoms with van der Waals surface area (Å²) in [6, 6.07) is 24.0. The number of phenols is 2. The zero-order valence-electron chi connectivity index (χ0n) is 26.4. The zero-order valence-corrected chi connectivity index (χ0v) is 28.0. The minimum atomic E-state index is -4.86. The average Bonchev–Trinajstić information content (AvgIpc) is 3.07. The fourth-order valence-corrected chi connectivity index (χ4v) is 7.25. The molecule has 6 rings (SSSR count). The minimum Gasteiger partial charge on any atom is -0.507 e. The number of carbonyl (C=O) groups is 3. The maximum atomic E-state index is 13.2. The Kier molecular flexibility index (Phi) is 9.26. The maximum absolute atomic E-state index is 13.2. The van der Waals surface area contributed by atoms with Crippen molar-refractivity contribution in [1.82, 2.24) is 0 Å². The van der Waals surface area contributed by atoms with Gasteiger partial charge in [0, 0.05) is 56.2 Å². The summed E-state index contributed by atoms with van der Waals surface area (Å²) in [6.45, 7) is 0. The monoisotopic (exact) mass is 742 g/mol. The fourth-order valence-electron chi connectivity index (χ4n) is 5.56. The van der Waals surface area contributed by atoms with Gasteiger partial charge in [-0.25, -0.2) is 4.79 Å². The Balaban J connectivity index is 1.17. The van der Waals surface area contributed by atoms with Crippen molar-refractivity contribution in [3.8, 4) is 11.5 Å². The van der Waals surface area contributed by atoms with E-state index >= 15 is 0 Å². The van der Waals surface area contributed by atoms with Crippen LogP contribution in [-0.2, 0) is 20.2 Å². The van der Waals surface area contributed by atoms with Gasteiger partial charge in [-0.2, -0.15) is 16.8 Å². The number of aromatic hydroxyl groups is 2. The molecule has 0 aromatic heterocycles. The van der Waals surface area contributed by atoms with Crippen LogP contribution in [0.4, 0.5) is 27.5 Å². The van der Waals surface area contributed by atoms with Gasteiger partial charge in [0.1, 0.15) is 21.3 Å². The lowest BCUT2D eigenvalue weighted by Gasteiger charge is -2.14. The summed E-state index contributed by atoms with van der Waals surface area (Å²) in [4.78, 5) is 38.0. The van der Waals surface area contributed by atoms with Crippen molar-refractivity contribution in [3.05, 3.63) is 120 Å². The van der Waals surface area contributed by atoms with Crippen LogP contribution < -0.4 is 21.3 Å². The average molecular weight is 743 g/mol. The molecule has 0 unspecified atom stereocenters. The number of hydrogen-bond acceptors (Lipinski definition) is 9. The number of benzene rings is 6. The van der Waals surface area contributed by atoms with Crippen molar-refractivity contribution in [1.29, 1.82) is 0 Å². The number of anilines is 4. The van der Waals surface area contributed by atoms with E-state index in [1.54, 1.807) is 12.1 Å². The van der Waals surface area contributed by atoms with Crippen molar-refractivity contribution >= 4 is 82.4 Å². The van der Waals surface area contributed by atoms with Crippen molar-refractivity contribution in [3.63, 3.8) is 0 Å². The Hall–Kier alpha value is -6.53. The molecule has 264 valence electrons. The summed E-state index contributed by atoms with van der Waals surface area (Å²) in [5, 5.41) is 30.9. The molecule has 0 atom stereocenters. The van der Waals surface area contributed by atoms with Gasteiger partial charge in [0.15, 0.2) is 0 Å². The van der Waals surface area contributed by atoms with Gasteiger partial charge in [-0.05, 0) is 36.4 Å². The molecule has 0 aliphatic heterocycles. The first-order chi connectivity index (χ1) is 24.6. The number of hydrogen-bond donors (Lipinski definition) is 8. The molecular formula is C35H26N4O11S2. The van der Waals surface area contributed by atoms with Gasteiger partial charge in [-0.3, -0.25) is 18.7 Å². The van der Waals surface area contributed by atoms with E-state index < -0.39 is 47.9 Å². The van der Waals surface area contributed by atoms with Crippen LogP contribution in [0.25, 0.3) is 21.5 Å². The molecule has 8 N–H and O–H groups in total. The van der Waals surface area contributed by atoms with Crippen molar-refractivity contribution in [2.24, 2.45) is 0 Å². The SMILES string of the molecule is O=C(Nc1cccc(C(=O)Nc2cc(O)c3ccccc3c2S(=O)(=O)O)c1)Nc1cccc(C(=O)Nc2cc(O)c3ccccc3c2S(=O)(=O)O)c1. The Bertz CT molecular complexity index is 2500. The molecule has 0 spiro atoms. The highest BCUT2D eigenvalue weighted by Gasteiger charge is 2.25. The standard InChI is InChI=1S/C35H26N4O11S2/c40-29-17-27(31(51(45,46)47)25-13-3-1-11-23(25)29)38-33(42)19-7-5-9-21(15-19)36-35(44)37-22-10-6-8-20(16-22)34(43)39-28-18-30(41)24-12-2-4-14-26(24)32(28)52(48,49)50/h1-18,40-41H,(H,38,42)(H,39,43)(H2,36,37,44)(H,45,46,47)(H,48,49,50). The predicted octanol–water partition coefficient (Wildman–Crippen LogP) is 6.05. The highest BCUT2D eigenvalue weighted by molar-refractivity contribution is 7.86. The third kappa shape index (κ3) is 7.32. The first kappa shape index (κ1) is 35.3. The van der Waals surface area contributed by atoms with Gasteiger partial charge in [0.2, 0.25) is 0 Å². The minimum absolute atomic E-state index is 0.0234. The summed E-state index contributed by atoms with van der Waals surface area (Å²) in [7, 11) is -9.72. The van der Waals surface area contributed by atoms with Crippen LogP contribution in [0.2, 0.25) is 0 Å². The molecule has 17 heteroatoms. The molecule has 0 fully saturated rings. The second kappa shape index (κ2) is 13.6. The molecule has 0 saturated carbocycles. The molecule has 15 nitrogen and oxygen atoms in total. The van der Waals surface area contributed by atoms with Crippen LogP contribution in [0, 0.1) is 0 Å². The number of urea groups is 1. The van der Waals surface area contributed by atoms with E-state index in [1.807, 2.05) is 0 Å². The normalized spacial score (nSPS) is 11.6. The van der Waals surface area contributed by atoms with E-state index in [-0.39, 0.29) is 66.9 Å². The van der Waals surface area contributed by atoms with E-state index in [2.05, 4.69) is 21.3 Å². The van der Waals surface area contributed by atoms with Gasteiger partial charge >= 0.3 is 6.03 Å². The highest BCUT2D eigenvalue weighted by Crippen LogP contribution is 2.38. The molecular weight excluding hydrogens is 717 g/mol. The van der Waals surface area contributed by atoms with Gasteiger partial charge in [0.25, 0.3) is 32.1 Å². The number of fused-ring (bicyclic) bond motifs is 2. The number of carbonyl (C=O) groups excluding carboxylic acids is 3. The van der Waals surface area contributed by atoms with Crippen LogP contribution in [0.1, 0.15) is 20.7 Å². The van der Waals surface area contributed by atoms with Crippen LogP contribution in [0.15, 0.2) is 119 Å². The van der Waals surface area contributed by atoms with Crippen molar-refractivity contribution in [2.75, 3.05) is 21.3 Å². The predicted molar refractivity (Wildman–Crippen MR) is 192 cm³/mol. The van der Waals surface area contributed by atoms with Crippen molar-refractivity contribution in [2.45, 2.75) is 9.79 Å². The topological polar surface area (TPSA) is 249 Å². The second-order valence-electron chi connectivity index (χ2n) is 11.2. The quantitative estimate of drug-likeness (QED) is 0.0834. The van der Waals surface area contributed by atoms with E-state index in [1.165, 1.54) is 84.9 Å². The third-order valence-electron chi connectivity index (χ3n) is 7.72. The molecule has 52 heavy (non-hydrogen) atoms. The van der Waals surface area contributed by atoms with Gasteiger partial charge < -0.3 is 31.5 Å². The van der Waals surface area contributed by atoms with Gasteiger partial charge in [-0.1, -0.05) is 60.7 Å². The molecule has 0 heterocycles. The van der Waals surface area contributed by atoms with Crippen LogP contribution in [0.5, 0.6) is 11.5 Å². The first-order valence-electron chi connectivity index (χ1n) is 15.0. The van der Waals surface area contributed by atoms with Crippen molar-refractivity contribution < 1.29 is 50.5 Å². The number of nitrogens with one attached hydrogen (secondary N) is 4. The third-order valence-corrected chi connectivity index (χ3v) is 9.64. The van der Waals surface area contributed by atoms with Crippen LogP contribution >= 0.6 is 0 Å². The Morgan fingerprint density at radius 1 is 0.462 bits per heavy atom. The largest absolute Gasteiger partial charge is 0.507 e. The number of rotatable bonds is 8. The molecule has 6 aromatic rings. The Morgan fingerprint density at radius 3 is 1.19 bits per heavy atom. The molecule has 0 aliphatic rings. The maximum Gasteiger partial charge on any atom is 0.323 e. The molecule has 0 saturated heterocycles. The summed E-state index contributed by atoms with van der Waals surface area (Å²) in [5.74, 6) is -2.36. The van der Waals surface area contributed by atoms with E-state index in [0.29, 0.717) is 0 Å². The molecule has 6 aromatic carbocycles. The molecule has 0 bridgehead atoms. The molecule has 4 amide bonds. The first-order valence-corrected chi connectivity index (χ1v) is 17.8. The van der Waals surface area contributed by atoms with Crippen LogP contribution in [-0.4, -0.2) is 54.0 Å². The number of phenolic OH excluding ortho intramolecular Hbond substituents is 2. The fraction of sp³-hybridized carbons (Fsp3) is 0. The lowest BCUT2D eigenvalue weighted by atomic mass is 10.1. The summed E-state index contributed by atoms with van der Waals surface area (Å²) < 4.78 is 68.9. The summed E-state index contributed by atoms with van der Waals surface area (Å²) in [6.07, 6.45) is 0. The van der Waals surface area contributed by atoms with E-state index in [4.69, 9.17) is 0 Å². The molecule has 0 aliphatic carbocycles.